The molecule has 2 atom stereocenters. The van der Waals surface area contributed by atoms with Gasteiger partial charge in [0.1, 0.15) is 34.9 Å². The highest BCUT2D eigenvalue weighted by Gasteiger charge is 2.48. The number of benzene rings is 2. The van der Waals surface area contributed by atoms with Crippen LogP contribution in [0.2, 0.25) is 0 Å². The highest BCUT2D eigenvalue weighted by molar-refractivity contribution is 7.17. The second kappa shape index (κ2) is 9.86. The molecule has 0 saturated carbocycles. The number of hydrogen-bond donors (Lipinski definition) is 1. The van der Waals surface area contributed by atoms with Crippen LogP contribution in [0.3, 0.4) is 0 Å². The highest BCUT2D eigenvalue weighted by Crippen LogP contribution is 2.44. The van der Waals surface area contributed by atoms with Gasteiger partial charge in [-0.15, -0.1) is 0 Å². The number of rotatable bonds is 6. The lowest BCUT2D eigenvalue weighted by molar-refractivity contribution is -0.132. The third-order valence-corrected chi connectivity index (χ3v) is 7.45. The molecule has 2 aliphatic heterocycles. The van der Waals surface area contributed by atoms with Gasteiger partial charge in [0.15, 0.2) is 5.13 Å². The van der Waals surface area contributed by atoms with Gasteiger partial charge in [-0.3, -0.25) is 14.5 Å². The molecule has 0 radical (unpaired) electrons. The smallest absolute Gasteiger partial charge is 0.350 e. The maximum absolute atomic E-state index is 13.8. The van der Waals surface area contributed by atoms with Gasteiger partial charge in [-0.1, -0.05) is 36.1 Å². The molecule has 1 N–H and O–H groups in total. The predicted octanol–water partition coefficient (Wildman–Crippen LogP) is 4.88. The summed E-state index contributed by atoms with van der Waals surface area (Å²) in [5, 5.41) is 11.4. The lowest BCUT2D eigenvalue weighted by atomic mass is 9.94. The van der Waals surface area contributed by atoms with Crippen molar-refractivity contribution in [2.75, 3.05) is 11.5 Å². The summed E-state index contributed by atoms with van der Waals surface area (Å²) in [5.74, 6) is -2.68. The van der Waals surface area contributed by atoms with Crippen LogP contribution in [0.1, 0.15) is 45.0 Å². The van der Waals surface area contributed by atoms with E-state index in [9.17, 15) is 23.9 Å². The third-order valence-electron chi connectivity index (χ3n) is 6.31. The molecular weight excluding hydrogens is 511 g/mol. The van der Waals surface area contributed by atoms with E-state index in [0.29, 0.717) is 29.0 Å². The normalized spacial score (nSPS) is 19.8. The van der Waals surface area contributed by atoms with Crippen molar-refractivity contribution in [1.29, 1.82) is 0 Å². The van der Waals surface area contributed by atoms with Crippen LogP contribution in [0.15, 0.2) is 60.7 Å². The summed E-state index contributed by atoms with van der Waals surface area (Å²) >= 11 is 0.887. The number of esters is 1. The number of nitrogens with zero attached hydrogens (tertiary/aromatic N) is 2. The van der Waals surface area contributed by atoms with E-state index in [0.717, 1.165) is 21.8 Å². The monoisotopic (exact) mass is 534 g/mol. The zero-order valence-corrected chi connectivity index (χ0v) is 21.4. The summed E-state index contributed by atoms with van der Waals surface area (Å²) in [5.41, 5.74) is 1.74. The first-order valence-electron chi connectivity index (χ1n) is 11.8. The van der Waals surface area contributed by atoms with Crippen molar-refractivity contribution in [2.24, 2.45) is 0 Å². The van der Waals surface area contributed by atoms with Gasteiger partial charge in [0, 0.05) is 12.0 Å². The molecule has 0 bridgehead atoms. The van der Waals surface area contributed by atoms with Crippen molar-refractivity contribution in [1.82, 2.24) is 4.98 Å². The Morgan fingerprint density at radius 1 is 1.29 bits per heavy atom. The Morgan fingerprint density at radius 3 is 2.74 bits per heavy atom. The lowest BCUT2D eigenvalue weighted by Crippen LogP contribution is -2.29. The van der Waals surface area contributed by atoms with Gasteiger partial charge in [0.05, 0.1) is 17.3 Å². The molecule has 5 rings (SSSR count). The van der Waals surface area contributed by atoms with Gasteiger partial charge in [-0.05, 0) is 55.3 Å². The van der Waals surface area contributed by atoms with Crippen LogP contribution < -0.4 is 9.64 Å². The molecule has 2 aliphatic rings. The molecule has 194 valence electrons. The number of aliphatic hydroxyl groups is 1. The quantitative estimate of drug-likeness (QED) is 0.158. The summed E-state index contributed by atoms with van der Waals surface area (Å²) in [4.78, 5) is 44.9. The first kappa shape index (κ1) is 25.3. The Hall–Kier alpha value is -4.31. The van der Waals surface area contributed by atoms with E-state index in [-0.39, 0.29) is 34.1 Å². The van der Waals surface area contributed by atoms with E-state index in [2.05, 4.69) is 11.6 Å². The number of anilines is 1. The number of fused-ring (bicyclic) bond motifs is 1. The van der Waals surface area contributed by atoms with Gasteiger partial charge in [0.2, 0.25) is 0 Å². The van der Waals surface area contributed by atoms with E-state index >= 15 is 0 Å². The molecular formula is C28H23FN2O6S. The van der Waals surface area contributed by atoms with Gasteiger partial charge in [0.25, 0.3) is 5.78 Å². The maximum Gasteiger partial charge on any atom is 0.350 e. The van der Waals surface area contributed by atoms with Gasteiger partial charge in [-0.2, -0.15) is 0 Å². The minimum Gasteiger partial charge on any atom is -0.507 e. The molecule has 0 unspecified atom stereocenters. The molecule has 1 fully saturated rings. The number of aryl methyl sites for hydroxylation is 1. The van der Waals surface area contributed by atoms with Crippen LogP contribution >= 0.6 is 11.3 Å². The predicted molar refractivity (Wildman–Crippen MR) is 139 cm³/mol. The molecule has 2 aromatic carbocycles. The topological polar surface area (TPSA) is 106 Å². The standard InChI is InChI=1S/C28H23FN2O6S/c1-4-11-36-27(35)25-15(3)30-28(38-25)31-22(16-5-8-19(29)9-6-16)21(24(33)26(31)34)23(32)17-7-10-20-18(13-17)12-14(2)37-20/h4-10,13-14,22,32H,1,11-12H2,2-3H3/t14-,22-/m1/s1. The van der Waals surface area contributed by atoms with E-state index < -0.39 is 29.5 Å². The van der Waals surface area contributed by atoms with E-state index in [1.807, 2.05) is 6.92 Å². The number of carbonyl (C=O) groups excluding carboxylic acids is 3. The van der Waals surface area contributed by atoms with Crippen molar-refractivity contribution in [3.8, 4) is 5.75 Å². The molecule has 3 aromatic rings. The van der Waals surface area contributed by atoms with Crippen molar-refractivity contribution >= 4 is 39.9 Å². The maximum atomic E-state index is 13.8. The minimum atomic E-state index is -1.11. The number of ketones is 1. The average molecular weight is 535 g/mol. The number of thiazole rings is 1. The molecule has 10 heteroatoms. The Labute approximate surface area is 221 Å². The Morgan fingerprint density at radius 2 is 2.03 bits per heavy atom. The number of hydrogen-bond acceptors (Lipinski definition) is 8. The summed E-state index contributed by atoms with van der Waals surface area (Å²) in [6, 6.07) is 9.22. The van der Waals surface area contributed by atoms with Crippen LogP contribution in [0.25, 0.3) is 5.76 Å². The Kier molecular flexibility index (Phi) is 6.58. The highest BCUT2D eigenvalue weighted by atomic mass is 32.1. The van der Waals surface area contributed by atoms with E-state index in [4.69, 9.17) is 9.47 Å². The molecule has 1 saturated heterocycles. The number of aromatic nitrogens is 1. The lowest BCUT2D eigenvalue weighted by Gasteiger charge is -2.23. The third kappa shape index (κ3) is 4.37. The van der Waals surface area contributed by atoms with Crippen LogP contribution in [0.5, 0.6) is 5.75 Å². The molecule has 3 heterocycles. The number of aliphatic hydroxyl groups excluding tert-OH is 1. The molecule has 1 aromatic heterocycles. The summed E-state index contributed by atoms with van der Waals surface area (Å²) in [6.07, 6.45) is 2.04. The van der Waals surface area contributed by atoms with Crippen LogP contribution in [-0.4, -0.2) is 40.5 Å². The summed E-state index contributed by atoms with van der Waals surface area (Å²) < 4.78 is 24.6. The Bertz CT molecular complexity index is 1510. The van der Waals surface area contributed by atoms with Crippen molar-refractivity contribution in [2.45, 2.75) is 32.4 Å². The van der Waals surface area contributed by atoms with Gasteiger partial charge >= 0.3 is 11.9 Å². The first-order valence-corrected chi connectivity index (χ1v) is 12.6. The molecule has 0 spiro atoms. The zero-order chi connectivity index (χ0) is 27.1. The van der Waals surface area contributed by atoms with Crippen LogP contribution in [0, 0.1) is 12.7 Å². The fraction of sp³-hybridized carbons (Fsp3) is 0.214. The molecule has 38 heavy (non-hydrogen) atoms. The van der Waals surface area contributed by atoms with E-state index in [1.54, 1.807) is 25.1 Å². The molecule has 0 aliphatic carbocycles. The average Bonchev–Trinajstić information content (AvgIpc) is 3.54. The number of amides is 1. The fourth-order valence-corrected chi connectivity index (χ4v) is 5.58. The zero-order valence-electron chi connectivity index (χ0n) is 20.6. The fourth-order valence-electron chi connectivity index (χ4n) is 4.59. The SMILES string of the molecule is C=CCOC(=O)c1sc(N2C(=O)C(=O)C(=C(O)c3ccc4c(c3)C[C@@H](C)O4)[C@H]2c2ccc(F)cc2)nc1C. The number of Topliss-reactive ketones (excluding diaryl/α,β-unsaturated/α-hetero) is 1. The van der Waals surface area contributed by atoms with Crippen LogP contribution in [0.4, 0.5) is 9.52 Å². The van der Waals surface area contributed by atoms with Crippen molar-refractivity contribution < 1.29 is 33.4 Å². The molecule has 1 amide bonds. The van der Waals surface area contributed by atoms with Crippen molar-refractivity contribution in [3.05, 3.63) is 93.8 Å². The van der Waals surface area contributed by atoms with Gasteiger partial charge in [-0.25, -0.2) is 14.2 Å². The van der Waals surface area contributed by atoms with Crippen molar-refractivity contribution in [3.63, 3.8) is 0 Å². The largest absolute Gasteiger partial charge is 0.507 e. The summed E-state index contributed by atoms with van der Waals surface area (Å²) in [7, 11) is 0. The second-order valence-corrected chi connectivity index (χ2v) is 9.95. The summed E-state index contributed by atoms with van der Waals surface area (Å²) in [6.45, 7) is 7.02. The molecule has 8 nitrogen and oxygen atoms in total. The van der Waals surface area contributed by atoms with E-state index in [1.165, 1.54) is 30.3 Å². The second-order valence-electron chi connectivity index (χ2n) is 8.97. The first-order chi connectivity index (χ1) is 18.2. The van der Waals surface area contributed by atoms with Gasteiger partial charge < -0.3 is 14.6 Å². The Balaban J connectivity index is 1.64. The number of ether oxygens (including phenoxy) is 2. The van der Waals surface area contributed by atoms with Crippen LogP contribution in [-0.2, 0) is 20.7 Å². The number of halogens is 1. The minimum absolute atomic E-state index is 0.00377. The number of carbonyl (C=O) groups is 3.